The SMILES string of the molecule is C(OCC1CO1)C1CO1.Oc1c(O)c2c(c(Br)c1Br)-c1c-2ccc(Br)c1Br. The highest BCUT2D eigenvalue weighted by molar-refractivity contribution is 9.13. The molecule has 0 aromatic heterocycles. The summed E-state index contributed by atoms with van der Waals surface area (Å²) >= 11 is 13.7. The second-order valence-corrected chi connectivity index (χ2v) is 9.54. The van der Waals surface area contributed by atoms with Gasteiger partial charge in [0.25, 0.3) is 0 Å². The third-order valence-corrected chi connectivity index (χ3v) is 8.47. The van der Waals surface area contributed by atoms with Crippen molar-refractivity contribution in [2.75, 3.05) is 26.4 Å². The summed E-state index contributed by atoms with van der Waals surface area (Å²) in [5.41, 5.74) is 3.49. The van der Waals surface area contributed by atoms with E-state index in [1.54, 1.807) is 0 Å². The summed E-state index contributed by atoms with van der Waals surface area (Å²) in [6.45, 7) is 3.26. The molecule has 3 aliphatic rings. The molecule has 1 aliphatic carbocycles. The van der Waals surface area contributed by atoms with Gasteiger partial charge in [0.15, 0.2) is 11.5 Å². The van der Waals surface area contributed by atoms with Gasteiger partial charge in [-0.3, -0.25) is 0 Å². The van der Waals surface area contributed by atoms with Crippen molar-refractivity contribution in [1.82, 2.24) is 0 Å². The fraction of sp³-hybridized carbons (Fsp3) is 0.333. The van der Waals surface area contributed by atoms with Crippen LogP contribution in [0.5, 0.6) is 11.5 Å². The van der Waals surface area contributed by atoms with Crippen LogP contribution < -0.4 is 0 Å². The Morgan fingerprint density at radius 2 is 1.41 bits per heavy atom. The molecule has 2 heterocycles. The molecule has 9 heteroatoms. The van der Waals surface area contributed by atoms with E-state index in [9.17, 15) is 10.2 Å². The summed E-state index contributed by atoms with van der Waals surface area (Å²) in [4.78, 5) is 0. The zero-order valence-corrected chi connectivity index (χ0v) is 20.1. The van der Waals surface area contributed by atoms with Gasteiger partial charge >= 0.3 is 0 Å². The van der Waals surface area contributed by atoms with E-state index in [0.717, 1.165) is 56.5 Å². The maximum atomic E-state index is 10.0. The lowest BCUT2D eigenvalue weighted by Crippen LogP contribution is -2.06. The van der Waals surface area contributed by atoms with E-state index in [0.29, 0.717) is 22.2 Å². The molecule has 2 aliphatic heterocycles. The number of halogens is 4. The van der Waals surface area contributed by atoms with E-state index in [-0.39, 0.29) is 11.5 Å². The Hall–Kier alpha value is -0.160. The predicted molar refractivity (Wildman–Crippen MR) is 115 cm³/mol. The van der Waals surface area contributed by atoms with Gasteiger partial charge in [-0.1, -0.05) is 6.07 Å². The van der Waals surface area contributed by atoms with Crippen molar-refractivity contribution >= 4 is 63.7 Å². The summed E-state index contributed by atoms with van der Waals surface area (Å²) in [5, 5.41) is 19.9. The number of rotatable bonds is 4. The minimum atomic E-state index is -0.148. The molecule has 2 aromatic rings. The van der Waals surface area contributed by atoms with Crippen molar-refractivity contribution in [2.24, 2.45) is 0 Å². The Morgan fingerprint density at radius 1 is 0.815 bits per heavy atom. The second-order valence-electron chi connectivity index (χ2n) is 6.31. The van der Waals surface area contributed by atoms with Crippen molar-refractivity contribution in [2.45, 2.75) is 12.2 Å². The second kappa shape index (κ2) is 7.93. The van der Waals surface area contributed by atoms with Crippen LogP contribution >= 0.6 is 63.7 Å². The molecule has 2 fully saturated rings. The lowest BCUT2D eigenvalue weighted by atomic mass is 9.80. The molecule has 2 unspecified atom stereocenters. The van der Waals surface area contributed by atoms with Crippen molar-refractivity contribution in [1.29, 1.82) is 0 Å². The molecule has 2 saturated heterocycles. The van der Waals surface area contributed by atoms with Gasteiger partial charge in [0.05, 0.1) is 30.9 Å². The van der Waals surface area contributed by atoms with Crippen LogP contribution in [-0.2, 0) is 14.2 Å². The molecule has 144 valence electrons. The number of fused-ring (bicyclic) bond motifs is 4. The first-order chi connectivity index (χ1) is 12.9. The monoisotopic (exact) mass is 626 g/mol. The molecule has 5 nitrogen and oxygen atoms in total. The third-order valence-electron chi connectivity index (χ3n) is 4.36. The van der Waals surface area contributed by atoms with E-state index in [1.807, 2.05) is 12.1 Å². The summed E-state index contributed by atoms with van der Waals surface area (Å²) in [5.74, 6) is -0.243. The predicted octanol–water partition coefficient (Wildman–Crippen LogP) is 5.60. The first-order valence-electron chi connectivity index (χ1n) is 8.12. The topological polar surface area (TPSA) is 74.8 Å². The molecule has 27 heavy (non-hydrogen) atoms. The highest BCUT2D eigenvalue weighted by Crippen LogP contribution is 2.62. The molecule has 0 bridgehead atoms. The highest BCUT2D eigenvalue weighted by atomic mass is 79.9. The van der Waals surface area contributed by atoms with Gasteiger partial charge < -0.3 is 24.4 Å². The average Bonchev–Trinajstić information content (AvgIpc) is 3.52. The number of benzene rings is 2. The Bertz CT molecular complexity index is 898. The summed E-state index contributed by atoms with van der Waals surface area (Å²) < 4.78 is 18.2. The fourth-order valence-corrected chi connectivity index (χ4v) is 4.61. The third kappa shape index (κ3) is 3.97. The maximum Gasteiger partial charge on any atom is 0.173 e. The van der Waals surface area contributed by atoms with Crippen LogP contribution in [0, 0.1) is 0 Å². The first-order valence-corrected chi connectivity index (χ1v) is 11.3. The van der Waals surface area contributed by atoms with Crippen molar-refractivity contribution in [3.05, 3.63) is 30.0 Å². The fourth-order valence-electron chi connectivity index (χ4n) is 2.76. The summed E-state index contributed by atoms with van der Waals surface area (Å²) in [7, 11) is 0. The van der Waals surface area contributed by atoms with Crippen molar-refractivity contribution in [3.8, 4) is 33.8 Å². The zero-order valence-electron chi connectivity index (χ0n) is 13.8. The van der Waals surface area contributed by atoms with Gasteiger partial charge in [0.1, 0.15) is 12.2 Å². The quantitative estimate of drug-likeness (QED) is 0.291. The van der Waals surface area contributed by atoms with Gasteiger partial charge in [-0.15, -0.1) is 0 Å². The van der Waals surface area contributed by atoms with Gasteiger partial charge in [-0.25, -0.2) is 0 Å². The molecule has 2 aromatic carbocycles. The molecule has 5 rings (SSSR count). The van der Waals surface area contributed by atoms with E-state index >= 15 is 0 Å². The van der Waals surface area contributed by atoms with Crippen LogP contribution in [-0.4, -0.2) is 48.8 Å². The number of phenolic OH excluding ortho intramolecular Hbond substituents is 2. The number of aromatic hydroxyl groups is 2. The lowest BCUT2D eigenvalue weighted by Gasteiger charge is -2.29. The van der Waals surface area contributed by atoms with E-state index in [2.05, 4.69) is 63.7 Å². The Morgan fingerprint density at radius 3 is 1.96 bits per heavy atom. The standard InChI is InChI=1S/C12H4Br4O2.C6H10O3/c13-4-2-1-3-5(8(4)14)7-6(3)11(17)12(18)10(16)9(7)15;1(5-3-8-5)7-2-6-4-9-6/h1-2,17-18H;5-6H,1-4H2. The maximum absolute atomic E-state index is 10.0. The van der Waals surface area contributed by atoms with Crippen LogP contribution in [0.15, 0.2) is 30.0 Å². The molecule has 0 spiro atoms. The Labute approximate surface area is 189 Å². The summed E-state index contributed by atoms with van der Waals surface area (Å²) in [6, 6.07) is 3.81. The number of phenols is 2. The smallest absolute Gasteiger partial charge is 0.173 e. The minimum absolute atomic E-state index is 0.0956. The molecule has 0 amide bonds. The Balaban J connectivity index is 0.000000167. The molecule has 0 radical (unpaired) electrons. The van der Waals surface area contributed by atoms with Crippen LogP contribution in [0.4, 0.5) is 0 Å². The minimum Gasteiger partial charge on any atom is -0.504 e. The average molecular weight is 630 g/mol. The van der Waals surface area contributed by atoms with Crippen LogP contribution in [0.3, 0.4) is 0 Å². The van der Waals surface area contributed by atoms with E-state index in [1.165, 1.54) is 0 Å². The Kier molecular flexibility index (Phi) is 5.91. The molecular weight excluding hydrogens is 616 g/mol. The van der Waals surface area contributed by atoms with Crippen molar-refractivity contribution in [3.63, 3.8) is 0 Å². The molecule has 2 N–H and O–H groups in total. The van der Waals surface area contributed by atoms with Gasteiger partial charge in [-0.05, 0) is 75.3 Å². The number of ether oxygens (including phenoxy) is 3. The molecule has 0 saturated carbocycles. The zero-order chi connectivity index (χ0) is 19.3. The van der Waals surface area contributed by atoms with Gasteiger partial charge in [0.2, 0.25) is 0 Å². The van der Waals surface area contributed by atoms with Crippen LogP contribution in [0.1, 0.15) is 0 Å². The normalized spacial score (nSPS) is 20.7. The molecule has 2 atom stereocenters. The summed E-state index contributed by atoms with van der Waals surface area (Å²) in [6.07, 6.45) is 0.785. The van der Waals surface area contributed by atoms with Gasteiger partial charge in [-0.2, -0.15) is 0 Å². The van der Waals surface area contributed by atoms with Crippen LogP contribution in [0.25, 0.3) is 22.3 Å². The van der Waals surface area contributed by atoms with Crippen molar-refractivity contribution < 1.29 is 24.4 Å². The van der Waals surface area contributed by atoms with Gasteiger partial charge in [0, 0.05) is 30.1 Å². The lowest BCUT2D eigenvalue weighted by molar-refractivity contribution is 0.102. The molecular formula is C18H14Br4O5. The first kappa shape index (κ1) is 20.1. The largest absolute Gasteiger partial charge is 0.504 e. The van der Waals surface area contributed by atoms with E-state index in [4.69, 9.17) is 14.2 Å². The number of hydrogen-bond acceptors (Lipinski definition) is 5. The number of hydrogen-bond donors (Lipinski definition) is 2. The highest BCUT2D eigenvalue weighted by Gasteiger charge is 2.34. The van der Waals surface area contributed by atoms with E-state index < -0.39 is 0 Å². The van der Waals surface area contributed by atoms with Crippen LogP contribution in [0.2, 0.25) is 0 Å². The number of epoxide rings is 2.